The van der Waals surface area contributed by atoms with E-state index < -0.39 is 0 Å². The van der Waals surface area contributed by atoms with Gasteiger partial charge in [-0.3, -0.25) is 0 Å². The number of rotatable bonds is 16. The summed E-state index contributed by atoms with van der Waals surface area (Å²) in [5, 5.41) is 0. The lowest BCUT2D eigenvalue weighted by Crippen LogP contribution is -2.14. The lowest BCUT2D eigenvalue weighted by molar-refractivity contribution is 0.199. The third-order valence-corrected chi connectivity index (χ3v) is 6.55. The molecule has 0 aliphatic carbocycles. The van der Waals surface area contributed by atoms with Crippen molar-refractivity contribution in [3.8, 4) is 23.8 Å². The van der Waals surface area contributed by atoms with Crippen LogP contribution in [0.4, 0.5) is 0 Å². The molecule has 0 bridgehead atoms. The van der Waals surface area contributed by atoms with Gasteiger partial charge < -0.3 is 9.47 Å². The molecule has 2 rings (SSSR count). The zero-order valence-corrected chi connectivity index (χ0v) is 21.8. The van der Waals surface area contributed by atoms with Gasteiger partial charge in [-0.05, 0) is 60.1 Å². The van der Waals surface area contributed by atoms with Crippen molar-refractivity contribution in [3.63, 3.8) is 0 Å². The van der Waals surface area contributed by atoms with Crippen LogP contribution >= 0.6 is 0 Å². The molecule has 2 atom stereocenters. The van der Waals surface area contributed by atoms with Gasteiger partial charge in [0.1, 0.15) is 0 Å². The molecule has 0 saturated heterocycles. The molecule has 2 heteroatoms. The second-order valence-corrected chi connectivity index (χ2v) is 9.26. The minimum atomic E-state index is 0.578. The van der Waals surface area contributed by atoms with Gasteiger partial charge in [0.2, 0.25) is 0 Å². The Hall–Kier alpha value is -2.66. The molecule has 0 aliphatic rings. The lowest BCUT2D eigenvalue weighted by atomic mass is 10.0. The van der Waals surface area contributed by atoms with E-state index in [2.05, 4.69) is 64.0 Å². The molecule has 0 spiro atoms. The van der Waals surface area contributed by atoms with Gasteiger partial charge in [0.25, 0.3) is 0 Å². The van der Waals surface area contributed by atoms with Crippen LogP contribution in [0.3, 0.4) is 0 Å². The third-order valence-electron chi connectivity index (χ3n) is 6.55. The summed E-state index contributed by atoms with van der Waals surface area (Å²) in [6.45, 7) is 10.5. The van der Waals surface area contributed by atoms with Crippen LogP contribution in [-0.4, -0.2) is 13.2 Å². The molecule has 184 valence electrons. The molecule has 0 radical (unpaired) electrons. The molecule has 0 aliphatic heterocycles. The van der Waals surface area contributed by atoms with E-state index in [-0.39, 0.29) is 0 Å². The summed E-state index contributed by atoms with van der Waals surface area (Å²) >= 11 is 0. The first-order chi connectivity index (χ1) is 16.6. The van der Waals surface area contributed by atoms with E-state index in [4.69, 9.17) is 15.9 Å². The highest BCUT2D eigenvalue weighted by atomic mass is 16.5. The quantitative estimate of drug-likeness (QED) is 0.184. The second-order valence-electron chi connectivity index (χ2n) is 9.26. The van der Waals surface area contributed by atoms with Gasteiger partial charge >= 0.3 is 0 Å². The summed E-state index contributed by atoms with van der Waals surface area (Å²) in [5.74, 6) is 5.54. The molecular weight excluding hydrogens is 416 g/mol. The average molecular weight is 461 g/mol. The van der Waals surface area contributed by atoms with E-state index in [1.165, 1.54) is 38.5 Å². The smallest absolute Gasteiger partial charge is 0.161 e. The maximum Gasteiger partial charge on any atom is 0.161 e. The first-order valence-electron chi connectivity index (χ1n) is 13.3. The molecule has 0 saturated carbocycles. The number of unbranched alkanes of at least 4 members (excludes halogenated alkanes) is 2. The topological polar surface area (TPSA) is 18.5 Å². The molecule has 2 aromatic rings. The summed E-state index contributed by atoms with van der Waals surface area (Å²) in [6, 6.07) is 14.3. The highest BCUT2D eigenvalue weighted by molar-refractivity contribution is 5.71. The van der Waals surface area contributed by atoms with Gasteiger partial charge in [-0.1, -0.05) is 102 Å². The van der Waals surface area contributed by atoms with E-state index in [1.807, 2.05) is 24.3 Å². The Morgan fingerprint density at radius 2 is 1.26 bits per heavy atom. The molecule has 2 aromatic carbocycles. The summed E-state index contributed by atoms with van der Waals surface area (Å²) in [4.78, 5) is 0. The molecule has 34 heavy (non-hydrogen) atoms. The summed E-state index contributed by atoms with van der Waals surface area (Å²) in [6.07, 6.45) is 19.4. The summed E-state index contributed by atoms with van der Waals surface area (Å²) in [5.41, 5.74) is 3.12. The first-order valence-corrected chi connectivity index (χ1v) is 13.3. The second kappa shape index (κ2) is 16.0. The number of hydrogen-bond donors (Lipinski definition) is 0. The Labute approximate surface area is 208 Å². The standard InChI is InChI=1S/C32H44O2/c1-6-11-13-27(9-4)24-33-31-22-21-30(20-19-29-17-15-26(8-3)16-18-29)23-32(31)34-25-28(10-5)14-12-7-2/h3,15-23,27-28H,6-7,9-14,24-25H2,1-2,4-5H3. The monoisotopic (exact) mass is 460 g/mol. The predicted molar refractivity (Wildman–Crippen MR) is 147 cm³/mol. The van der Waals surface area contributed by atoms with Crippen molar-refractivity contribution >= 4 is 12.2 Å². The van der Waals surface area contributed by atoms with Crippen molar-refractivity contribution in [2.24, 2.45) is 11.8 Å². The van der Waals surface area contributed by atoms with Gasteiger partial charge in [-0.15, -0.1) is 6.42 Å². The van der Waals surface area contributed by atoms with E-state index in [0.717, 1.165) is 54.2 Å². The Kier molecular flexibility index (Phi) is 13.0. The number of terminal acetylenes is 1. The van der Waals surface area contributed by atoms with Crippen LogP contribution in [0.15, 0.2) is 42.5 Å². The van der Waals surface area contributed by atoms with E-state index in [0.29, 0.717) is 11.8 Å². The molecule has 0 amide bonds. The molecule has 2 nitrogen and oxygen atoms in total. The zero-order chi connectivity index (χ0) is 24.6. The van der Waals surface area contributed by atoms with Crippen molar-refractivity contribution in [2.45, 2.75) is 79.1 Å². The molecule has 0 aromatic heterocycles. The number of ether oxygens (including phenoxy) is 2. The first kappa shape index (κ1) is 27.6. The molecular formula is C32H44O2. The lowest BCUT2D eigenvalue weighted by Gasteiger charge is -2.20. The largest absolute Gasteiger partial charge is 0.489 e. The highest BCUT2D eigenvalue weighted by Gasteiger charge is 2.13. The molecule has 0 N–H and O–H groups in total. The molecule has 2 unspecified atom stereocenters. The van der Waals surface area contributed by atoms with Gasteiger partial charge in [-0.25, -0.2) is 0 Å². The minimum Gasteiger partial charge on any atom is -0.489 e. The maximum absolute atomic E-state index is 6.38. The van der Waals surface area contributed by atoms with Crippen LogP contribution in [0.2, 0.25) is 0 Å². The van der Waals surface area contributed by atoms with Gasteiger partial charge in [0.05, 0.1) is 13.2 Å². The van der Waals surface area contributed by atoms with Gasteiger partial charge in [-0.2, -0.15) is 0 Å². The Bertz CT molecular complexity index is 888. The SMILES string of the molecule is C#Cc1ccc(C=Cc2ccc(OCC(CC)CCCC)c(OCC(CC)CCCC)c2)cc1. The van der Waals surface area contributed by atoms with Crippen molar-refractivity contribution in [2.75, 3.05) is 13.2 Å². The molecule has 0 heterocycles. The fraction of sp³-hybridized carbons (Fsp3) is 0.500. The predicted octanol–water partition coefficient (Wildman–Crippen LogP) is 9.03. The Morgan fingerprint density at radius 3 is 1.79 bits per heavy atom. The van der Waals surface area contributed by atoms with Crippen molar-refractivity contribution in [1.82, 2.24) is 0 Å². The average Bonchev–Trinajstić information content (AvgIpc) is 2.88. The Morgan fingerprint density at radius 1 is 0.735 bits per heavy atom. The summed E-state index contributed by atoms with van der Waals surface area (Å²) < 4.78 is 12.7. The van der Waals surface area contributed by atoms with Crippen LogP contribution in [0.25, 0.3) is 12.2 Å². The van der Waals surface area contributed by atoms with Crippen LogP contribution in [0.5, 0.6) is 11.5 Å². The van der Waals surface area contributed by atoms with Crippen LogP contribution in [0.1, 0.15) is 95.8 Å². The maximum atomic E-state index is 6.38. The zero-order valence-electron chi connectivity index (χ0n) is 21.8. The Balaban J connectivity index is 2.16. The van der Waals surface area contributed by atoms with Crippen LogP contribution in [0, 0.1) is 24.2 Å². The van der Waals surface area contributed by atoms with Crippen molar-refractivity contribution in [1.29, 1.82) is 0 Å². The van der Waals surface area contributed by atoms with Gasteiger partial charge in [0, 0.05) is 5.56 Å². The highest BCUT2D eigenvalue weighted by Crippen LogP contribution is 2.31. The van der Waals surface area contributed by atoms with Crippen molar-refractivity contribution < 1.29 is 9.47 Å². The van der Waals surface area contributed by atoms with Crippen LogP contribution < -0.4 is 9.47 Å². The third kappa shape index (κ3) is 9.68. The molecule has 0 fully saturated rings. The number of benzene rings is 2. The van der Waals surface area contributed by atoms with E-state index in [9.17, 15) is 0 Å². The normalized spacial score (nSPS) is 12.9. The fourth-order valence-electron chi connectivity index (χ4n) is 3.95. The summed E-state index contributed by atoms with van der Waals surface area (Å²) in [7, 11) is 0. The van der Waals surface area contributed by atoms with Crippen LogP contribution in [-0.2, 0) is 0 Å². The van der Waals surface area contributed by atoms with Crippen molar-refractivity contribution in [3.05, 3.63) is 59.2 Å². The minimum absolute atomic E-state index is 0.578. The van der Waals surface area contributed by atoms with Gasteiger partial charge in [0.15, 0.2) is 11.5 Å². The number of hydrogen-bond acceptors (Lipinski definition) is 2. The van der Waals surface area contributed by atoms with E-state index in [1.54, 1.807) is 0 Å². The van der Waals surface area contributed by atoms with E-state index >= 15 is 0 Å². The fourth-order valence-corrected chi connectivity index (χ4v) is 3.95.